The molecule has 0 bridgehead atoms. The lowest BCUT2D eigenvalue weighted by atomic mass is 10.1. The largest absolute Gasteiger partial charge is 0.392 e. The zero-order valence-corrected chi connectivity index (χ0v) is 10.9. The first-order valence-corrected chi connectivity index (χ1v) is 6.31. The van der Waals surface area contributed by atoms with Crippen LogP contribution in [0.4, 0.5) is 0 Å². The molecule has 94 valence electrons. The second kappa shape index (κ2) is 6.38. The Bertz CT molecular complexity index is 228. The van der Waals surface area contributed by atoms with Crippen molar-refractivity contribution >= 4 is 0 Å². The van der Waals surface area contributed by atoms with Crippen LogP contribution >= 0.6 is 0 Å². The Morgan fingerprint density at radius 1 is 1.50 bits per heavy atom. The molecule has 0 radical (unpaired) electrons. The highest BCUT2D eigenvalue weighted by Gasteiger charge is 2.25. The van der Waals surface area contributed by atoms with Crippen molar-refractivity contribution in [2.45, 2.75) is 39.3 Å². The van der Waals surface area contributed by atoms with Crippen LogP contribution in [0, 0.1) is 0 Å². The van der Waals surface area contributed by atoms with Gasteiger partial charge in [-0.3, -0.25) is 9.80 Å². The number of aliphatic hydroxyl groups excluding tert-OH is 1. The van der Waals surface area contributed by atoms with Crippen LogP contribution in [0.5, 0.6) is 0 Å². The second-order valence-corrected chi connectivity index (χ2v) is 5.10. The van der Waals surface area contributed by atoms with E-state index < -0.39 is 0 Å². The summed E-state index contributed by atoms with van der Waals surface area (Å²) < 4.78 is 0. The molecule has 1 fully saturated rings. The minimum atomic E-state index is -0.221. The molecule has 1 aliphatic rings. The summed E-state index contributed by atoms with van der Waals surface area (Å²) in [6, 6.07) is 0.586. The van der Waals surface area contributed by atoms with Crippen LogP contribution in [0.25, 0.3) is 0 Å². The van der Waals surface area contributed by atoms with Gasteiger partial charge in [-0.1, -0.05) is 19.1 Å². The van der Waals surface area contributed by atoms with E-state index in [0.29, 0.717) is 6.04 Å². The summed E-state index contributed by atoms with van der Waals surface area (Å²) in [4.78, 5) is 4.88. The predicted octanol–water partition coefficient (Wildman–Crippen LogP) is 1.34. The van der Waals surface area contributed by atoms with Gasteiger partial charge in [0.05, 0.1) is 6.10 Å². The van der Waals surface area contributed by atoms with Crippen LogP contribution in [0.15, 0.2) is 12.2 Å². The van der Waals surface area contributed by atoms with Gasteiger partial charge in [-0.05, 0) is 20.3 Å². The van der Waals surface area contributed by atoms with E-state index in [1.165, 1.54) is 5.57 Å². The SMILES string of the molecule is C=C(C)CN1CCN(CC(C)O)C(CC)C1. The molecule has 1 aliphatic heterocycles. The summed E-state index contributed by atoms with van der Waals surface area (Å²) in [5.74, 6) is 0. The Labute approximate surface area is 99.7 Å². The summed E-state index contributed by atoms with van der Waals surface area (Å²) in [5, 5.41) is 9.46. The van der Waals surface area contributed by atoms with Crippen LogP contribution < -0.4 is 0 Å². The summed E-state index contributed by atoms with van der Waals surface area (Å²) >= 11 is 0. The van der Waals surface area contributed by atoms with Crippen molar-refractivity contribution in [3.8, 4) is 0 Å². The number of hydrogen-bond donors (Lipinski definition) is 1. The van der Waals surface area contributed by atoms with Gasteiger partial charge in [-0.2, -0.15) is 0 Å². The topological polar surface area (TPSA) is 26.7 Å². The van der Waals surface area contributed by atoms with Gasteiger partial charge in [0.2, 0.25) is 0 Å². The van der Waals surface area contributed by atoms with Crippen molar-refractivity contribution in [2.75, 3.05) is 32.7 Å². The Hall–Kier alpha value is -0.380. The summed E-state index contributed by atoms with van der Waals surface area (Å²) in [6.45, 7) is 15.2. The second-order valence-electron chi connectivity index (χ2n) is 5.10. The molecule has 0 spiro atoms. The van der Waals surface area contributed by atoms with Crippen LogP contribution in [0.1, 0.15) is 27.2 Å². The molecule has 0 amide bonds. The fourth-order valence-corrected chi connectivity index (χ4v) is 2.45. The molecule has 0 aromatic rings. The lowest BCUT2D eigenvalue weighted by Gasteiger charge is -2.41. The van der Waals surface area contributed by atoms with Gasteiger partial charge in [-0.15, -0.1) is 0 Å². The third-order valence-electron chi connectivity index (χ3n) is 3.15. The molecule has 2 atom stereocenters. The van der Waals surface area contributed by atoms with Gasteiger partial charge in [0.1, 0.15) is 0 Å². The molecule has 2 unspecified atom stereocenters. The standard InChI is InChI=1S/C13H26N2O/c1-5-13-10-14(8-11(2)3)6-7-15(13)9-12(4)16/h12-13,16H,2,5-10H2,1,3-4H3. The number of rotatable bonds is 5. The Balaban J connectivity index is 2.46. The van der Waals surface area contributed by atoms with Crippen molar-refractivity contribution in [3.63, 3.8) is 0 Å². The summed E-state index contributed by atoms with van der Waals surface area (Å²) in [6.07, 6.45) is 0.932. The highest BCUT2D eigenvalue weighted by atomic mass is 16.3. The average Bonchev–Trinajstić information content (AvgIpc) is 2.18. The molecular formula is C13H26N2O. The monoisotopic (exact) mass is 226 g/mol. The number of nitrogens with zero attached hydrogens (tertiary/aromatic N) is 2. The molecule has 1 N–H and O–H groups in total. The normalized spacial score (nSPS) is 25.6. The molecule has 1 saturated heterocycles. The molecule has 16 heavy (non-hydrogen) atoms. The van der Waals surface area contributed by atoms with Crippen molar-refractivity contribution in [3.05, 3.63) is 12.2 Å². The predicted molar refractivity (Wildman–Crippen MR) is 68.6 cm³/mol. The number of β-amino-alcohol motifs (C(OH)–C–C–N with tert-alkyl or cyclic N) is 1. The van der Waals surface area contributed by atoms with Crippen molar-refractivity contribution in [1.82, 2.24) is 9.80 Å². The number of hydrogen-bond acceptors (Lipinski definition) is 3. The number of piperazine rings is 1. The van der Waals surface area contributed by atoms with Crippen LogP contribution in [-0.4, -0.2) is 59.8 Å². The molecule has 3 nitrogen and oxygen atoms in total. The van der Waals surface area contributed by atoms with Crippen molar-refractivity contribution < 1.29 is 5.11 Å². The lowest BCUT2D eigenvalue weighted by Crippen LogP contribution is -2.54. The molecule has 1 rings (SSSR count). The first kappa shape index (κ1) is 13.7. The molecule has 0 aliphatic carbocycles. The first-order chi connectivity index (χ1) is 7.52. The van der Waals surface area contributed by atoms with E-state index in [2.05, 4.69) is 30.2 Å². The third kappa shape index (κ3) is 4.24. The van der Waals surface area contributed by atoms with Crippen LogP contribution in [0.2, 0.25) is 0 Å². The third-order valence-corrected chi connectivity index (χ3v) is 3.15. The molecule has 0 saturated carbocycles. The van der Waals surface area contributed by atoms with E-state index in [9.17, 15) is 5.11 Å². The van der Waals surface area contributed by atoms with Crippen LogP contribution in [-0.2, 0) is 0 Å². The number of aliphatic hydroxyl groups is 1. The molecular weight excluding hydrogens is 200 g/mol. The maximum absolute atomic E-state index is 9.46. The van der Waals surface area contributed by atoms with Crippen molar-refractivity contribution in [2.24, 2.45) is 0 Å². The van der Waals surface area contributed by atoms with E-state index in [0.717, 1.165) is 39.1 Å². The van der Waals surface area contributed by atoms with E-state index in [4.69, 9.17) is 0 Å². The Kier molecular flexibility index (Phi) is 5.46. The Morgan fingerprint density at radius 2 is 2.19 bits per heavy atom. The smallest absolute Gasteiger partial charge is 0.0639 e. The zero-order valence-electron chi connectivity index (χ0n) is 10.9. The highest BCUT2D eigenvalue weighted by molar-refractivity contribution is 4.94. The van der Waals surface area contributed by atoms with E-state index in [-0.39, 0.29) is 6.10 Å². The quantitative estimate of drug-likeness (QED) is 0.717. The molecule has 0 aromatic heterocycles. The van der Waals surface area contributed by atoms with Crippen LogP contribution in [0.3, 0.4) is 0 Å². The van der Waals surface area contributed by atoms with Gasteiger partial charge in [0.15, 0.2) is 0 Å². The average molecular weight is 226 g/mol. The van der Waals surface area contributed by atoms with E-state index in [1.807, 2.05) is 6.92 Å². The fraction of sp³-hybridized carbons (Fsp3) is 0.846. The summed E-state index contributed by atoms with van der Waals surface area (Å²) in [5.41, 5.74) is 1.24. The maximum atomic E-state index is 9.46. The van der Waals surface area contributed by atoms with E-state index >= 15 is 0 Å². The Morgan fingerprint density at radius 3 is 2.69 bits per heavy atom. The molecule has 1 heterocycles. The molecule has 3 heteroatoms. The lowest BCUT2D eigenvalue weighted by molar-refractivity contribution is 0.0400. The van der Waals surface area contributed by atoms with Gasteiger partial charge < -0.3 is 5.11 Å². The van der Waals surface area contributed by atoms with Crippen molar-refractivity contribution in [1.29, 1.82) is 0 Å². The molecule has 0 aromatic carbocycles. The van der Waals surface area contributed by atoms with Gasteiger partial charge in [0.25, 0.3) is 0 Å². The van der Waals surface area contributed by atoms with E-state index in [1.54, 1.807) is 0 Å². The highest BCUT2D eigenvalue weighted by Crippen LogP contribution is 2.14. The van der Waals surface area contributed by atoms with Gasteiger partial charge in [-0.25, -0.2) is 0 Å². The maximum Gasteiger partial charge on any atom is 0.0639 e. The minimum Gasteiger partial charge on any atom is -0.392 e. The minimum absolute atomic E-state index is 0.221. The fourth-order valence-electron chi connectivity index (χ4n) is 2.45. The summed E-state index contributed by atoms with van der Waals surface area (Å²) in [7, 11) is 0. The zero-order chi connectivity index (χ0) is 12.1. The first-order valence-electron chi connectivity index (χ1n) is 6.31. The van der Waals surface area contributed by atoms with Gasteiger partial charge in [0, 0.05) is 38.8 Å². The van der Waals surface area contributed by atoms with Gasteiger partial charge >= 0.3 is 0 Å².